The zero-order chi connectivity index (χ0) is 13.2. The van der Waals surface area contributed by atoms with Crippen molar-refractivity contribution in [3.63, 3.8) is 0 Å². The minimum atomic E-state index is -0.379. The second-order valence-corrected chi connectivity index (χ2v) is 6.25. The first-order valence-corrected chi connectivity index (χ1v) is 6.97. The van der Waals surface area contributed by atoms with E-state index in [1.165, 1.54) is 11.8 Å². The quantitative estimate of drug-likeness (QED) is 0.675. The van der Waals surface area contributed by atoms with Crippen LogP contribution in [0.2, 0.25) is 5.15 Å². The first-order valence-electron chi connectivity index (χ1n) is 5.71. The van der Waals surface area contributed by atoms with Gasteiger partial charge in [0, 0.05) is 16.7 Å². The van der Waals surface area contributed by atoms with E-state index in [0.717, 1.165) is 16.4 Å². The normalized spacial score (nSPS) is 15.1. The smallest absolute Gasteiger partial charge is 0.136 e. The number of aromatic nitrogens is 2. The first-order chi connectivity index (χ1) is 7.82. The Hall–Kier alpha value is -0.320. The standard InChI is InChI=1S/C12H19ClN2OS/c1-6(2)11-14-10(13)7(3)12(15-11)17-9(5)8(4)16/h6,8-9,16H,1-5H3. The van der Waals surface area contributed by atoms with Crippen molar-refractivity contribution in [3.8, 4) is 0 Å². The molecule has 0 amide bonds. The molecule has 0 fully saturated rings. The van der Waals surface area contributed by atoms with Gasteiger partial charge in [-0.25, -0.2) is 9.97 Å². The SMILES string of the molecule is Cc1c(Cl)nc(C(C)C)nc1SC(C)C(C)O. The summed E-state index contributed by atoms with van der Waals surface area (Å²) in [6, 6.07) is 0. The number of aliphatic hydroxyl groups is 1. The Bertz CT molecular complexity index is 396. The maximum atomic E-state index is 9.52. The lowest BCUT2D eigenvalue weighted by atomic mass is 10.2. The molecular weight excluding hydrogens is 256 g/mol. The van der Waals surface area contributed by atoms with Crippen molar-refractivity contribution in [1.29, 1.82) is 0 Å². The molecule has 0 saturated carbocycles. The molecule has 0 aliphatic heterocycles. The van der Waals surface area contributed by atoms with Crippen molar-refractivity contribution in [2.75, 3.05) is 0 Å². The maximum Gasteiger partial charge on any atom is 0.136 e. The molecule has 0 aromatic carbocycles. The molecule has 1 rings (SSSR count). The number of halogens is 1. The van der Waals surface area contributed by atoms with E-state index in [4.69, 9.17) is 11.6 Å². The highest BCUT2D eigenvalue weighted by Crippen LogP contribution is 2.30. The average Bonchev–Trinajstić information content (AvgIpc) is 2.23. The summed E-state index contributed by atoms with van der Waals surface area (Å²) < 4.78 is 0. The van der Waals surface area contributed by atoms with Gasteiger partial charge in [0.25, 0.3) is 0 Å². The van der Waals surface area contributed by atoms with Crippen molar-refractivity contribution in [2.24, 2.45) is 0 Å². The van der Waals surface area contributed by atoms with E-state index in [1.54, 1.807) is 6.92 Å². The van der Waals surface area contributed by atoms with Gasteiger partial charge in [-0.05, 0) is 13.8 Å². The lowest BCUT2D eigenvalue weighted by Gasteiger charge is -2.16. The molecule has 96 valence electrons. The summed E-state index contributed by atoms with van der Waals surface area (Å²) >= 11 is 7.64. The monoisotopic (exact) mass is 274 g/mol. The molecule has 1 heterocycles. The second-order valence-electron chi connectivity index (χ2n) is 4.52. The van der Waals surface area contributed by atoms with Crippen molar-refractivity contribution >= 4 is 23.4 Å². The summed E-state index contributed by atoms with van der Waals surface area (Å²) in [5.74, 6) is 0.996. The van der Waals surface area contributed by atoms with Crippen LogP contribution in [0.5, 0.6) is 0 Å². The third-order valence-corrected chi connectivity index (χ3v) is 4.31. The molecule has 3 nitrogen and oxygen atoms in total. The Balaban J connectivity index is 3.05. The summed E-state index contributed by atoms with van der Waals surface area (Å²) in [6.07, 6.45) is -0.379. The molecule has 0 radical (unpaired) electrons. The Kier molecular flexibility index (Phi) is 5.22. The van der Waals surface area contributed by atoms with Crippen LogP contribution in [0, 0.1) is 6.92 Å². The summed E-state index contributed by atoms with van der Waals surface area (Å²) in [5, 5.41) is 11.0. The number of thioether (sulfide) groups is 1. The van der Waals surface area contributed by atoms with E-state index in [1.807, 2.05) is 27.7 Å². The summed E-state index contributed by atoms with van der Waals surface area (Å²) in [5.41, 5.74) is 0.883. The largest absolute Gasteiger partial charge is 0.392 e. The van der Waals surface area contributed by atoms with Crippen LogP contribution in [0.15, 0.2) is 5.03 Å². The lowest BCUT2D eigenvalue weighted by molar-refractivity contribution is 0.196. The van der Waals surface area contributed by atoms with Gasteiger partial charge in [-0.1, -0.05) is 32.4 Å². The number of hydrogen-bond donors (Lipinski definition) is 1. The maximum absolute atomic E-state index is 9.52. The minimum absolute atomic E-state index is 0.0830. The van der Waals surface area contributed by atoms with Crippen molar-refractivity contribution in [2.45, 2.75) is 56.9 Å². The fourth-order valence-electron chi connectivity index (χ4n) is 1.13. The van der Waals surface area contributed by atoms with Crippen molar-refractivity contribution in [1.82, 2.24) is 9.97 Å². The van der Waals surface area contributed by atoms with E-state index in [9.17, 15) is 5.11 Å². The van der Waals surface area contributed by atoms with E-state index in [0.29, 0.717) is 5.15 Å². The van der Waals surface area contributed by atoms with E-state index in [-0.39, 0.29) is 17.3 Å². The van der Waals surface area contributed by atoms with Crippen LogP contribution in [0.3, 0.4) is 0 Å². The average molecular weight is 275 g/mol. The molecule has 17 heavy (non-hydrogen) atoms. The molecule has 2 atom stereocenters. The van der Waals surface area contributed by atoms with Gasteiger partial charge in [0.05, 0.1) is 6.10 Å². The molecule has 5 heteroatoms. The molecule has 0 aliphatic carbocycles. The molecule has 0 bridgehead atoms. The molecule has 1 N–H and O–H groups in total. The van der Waals surface area contributed by atoms with E-state index in [2.05, 4.69) is 9.97 Å². The van der Waals surface area contributed by atoms with E-state index < -0.39 is 0 Å². The van der Waals surface area contributed by atoms with Crippen LogP contribution in [0.25, 0.3) is 0 Å². The molecule has 0 spiro atoms. The van der Waals surface area contributed by atoms with Crippen LogP contribution in [-0.4, -0.2) is 26.4 Å². The second kappa shape index (κ2) is 6.03. The fraction of sp³-hybridized carbons (Fsp3) is 0.667. The van der Waals surface area contributed by atoms with Crippen molar-refractivity contribution in [3.05, 3.63) is 16.5 Å². The van der Waals surface area contributed by atoms with Gasteiger partial charge in [-0.15, -0.1) is 11.8 Å². The Morgan fingerprint density at radius 2 is 1.76 bits per heavy atom. The zero-order valence-corrected chi connectivity index (χ0v) is 12.4. The highest BCUT2D eigenvalue weighted by Gasteiger charge is 2.17. The summed E-state index contributed by atoms with van der Waals surface area (Å²) in [7, 11) is 0. The molecule has 0 aliphatic rings. The van der Waals surface area contributed by atoms with Gasteiger partial charge < -0.3 is 5.11 Å². The van der Waals surface area contributed by atoms with Gasteiger partial charge in [-0.3, -0.25) is 0 Å². The zero-order valence-electron chi connectivity index (χ0n) is 10.9. The van der Waals surface area contributed by atoms with Gasteiger partial charge in [0.1, 0.15) is 16.0 Å². The minimum Gasteiger partial charge on any atom is -0.392 e. The van der Waals surface area contributed by atoms with Gasteiger partial charge in [0.2, 0.25) is 0 Å². The van der Waals surface area contributed by atoms with E-state index >= 15 is 0 Å². The Morgan fingerprint density at radius 3 is 2.24 bits per heavy atom. The topological polar surface area (TPSA) is 46.0 Å². The van der Waals surface area contributed by atoms with Crippen LogP contribution in [0.1, 0.15) is 45.0 Å². The predicted molar refractivity (Wildman–Crippen MR) is 72.9 cm³/mol. The van der Waals surface area contributed by atoms with Crippen LogP contribution < -0.4 is 0 Å². The lowest BCUT2D eigenvalue weighted by Crippen LogP contribution is -2.16. The third kappa shape index (κ3) is 3.83. The first kappa shape index (κ1) is 14.7. The number of rotatable bonds is 4. The molecule has 1 aromatic rings. The molecule has 0 saturated heterocycles. The van der Waals surface area contributed by atoms with Crippen LogP contribution in [0.4, 0.5) is 0 Å². The Labute approximate surface area is 112 Å². The molecular formula is C12H19ClN2OS. The molecule has 2 unspecified atom stereocenters. The molecule has 1 aromatic heterocycles. The highest BCUT2D eigenvalue weighted by atomic mass is 35.5. The van der Waals surface area contributed by atoms with Gasteiger partial charge in [0.15, 0.2) is 0 Å². The van der Waals surface area contributed by atoms with Gasteiger partial charge >= 0.3 is 0 Å². The Morgan fingerprint density at radius 1 is 1.18 bits per heavy atom. The summed E-state index contributed by atoms with van der Waals surface area (Å²) in [6.45, 7) is 9.73. The van der Waals surface area contributed by atoms with Gasteiger partial charge in [-0.2, -0.15) is 0 Å². The predicted octanol–water partition coefficient (Wildman–Crippen LogP) is 3.42. The highest BCUT2D eigenvalue weighted by molar-refractivity contribution is 7.99. The number of aliphatic hydroxyl groups excluding tert-OH is 1. The van der Waals surface area contributed by atoms with Crippen molar-refractivity contribution < 1.29 is 5.11 Å². The summed E-state index contributed by atoms with van der Waals surface area (Å²) in [4.78, 5) is 8.77. The van der Waals surface area contributed by atoms with Crippen LogP contribution in [-0.2, 0) is 0 Å². The fourth-order valence-corrected chi connectivity index (χ4v) is 2.33. The number of hydrogen-bond acceptors (Lipinski definition) is 4. The number of nitrogens with zero attached hydrogens (tertiary/aromatic N) is 2. The third-order valence-electron chi connectivity index (χ3n) is 2.55. The van der Waals surface area contributed by atoms with Crippen LogP contribution >= 0.6 is 23.4 Å².